The molecule has 3 aromatic carbocycles. The smallest absolute Gasteiger partial charge is 0.261 e. The number of methoxy groups -OCH3 is 1. The van der Waals surface area contributed by atoms with Crippen molar-refractivity contribution in [1.82, 2.24) is 5.32 Å². The summed E-state index contributed by atoms with van der Waals surface area (Å²) in [5.74, 6) is 0.355. The average Bonchev–Trinajstić information content (AvgIpc) is 2.75. The average molecular weight is 439 g/mol. The van der Waals surface area contributed by atoms with Gasteiger partial charge in [-0.25, -0.2) is 8.42 Å². The van der Waals surface area contributed by atoms with Crippen molar-refractivity contribution < 1.29 is 17.9 Å². The van der Waals surface area contributed by atoms with Crippen LogP contribution in [0.25, 0.3) is 0 Å². The fourth-order valence-corrected chi connectivity index (χ4v) is 4.44. The molecule has 2 N–H and O–H groups in total. The molecular weight excluding hydrogens is 412 g/mol. The predicted molar refractivity (Wildman–Crippen MR) is 122 cm³/mol. The first-order valence-corrected chi connectivity index (χ1v) is 11.3. The number of carbonyl (C=O) groups is 1. The molecule has 0 aliphatic heterocycles. The Hall–Kier alpha value is -3.32. The van der Waals surface area contributed by atoms with E-state index in [9.17, 15) is 13.2 Å². The molecule has 3 rings (SSSR count). The van der Waals surface area contributed by atoms with Crippen molar-refractivity contribution >= 4 is 21.6 Å². The molecule has 0 aliphatic carbocycles. The largest absolute Gasteiger partial charge is 0.497 e. The molecule has 162 valence electrons. The molecule has 0 saturated heterocycles. The highest BCUT2D eigenvalue weighted by molar-refractivity contribution is 7.92. The number of carbonyl (C=O) groups excluding carboxylic acids is 1. The normalized spacial score (nSPS) is 12.1. The Morgan fingerprint density at radius 2 is 1.61 bits per heavy atom. The molecule has 0 bridgehead atoms. The topological polar surface area (TPSA) is 84.5 Å². The number of ether oxygens (including phenoxy) is 1. The Morgan fingerprint density at radius 3 is 2.23 bits per heavy atom. The second-order valence-corrected chi connectivity index (χ2v) is 9.04. The van der Waals surface area contributed by atoms with Gasteiger partial charge in [0.25, 0.3) is 15.9 Å². The van der Waals surface area contributed by atoms with Crippen LogP contribution < -0.4 is 14.8 Å². The molecule has 0 aromatic heterocycles. The van der Waals surface area contributed by atoms with E-state index >= 15 is 0 Å². The number of sulfonamides is 1. The van der Waals surface area contributed by atoms with Crippen molar-refractivity contribution in [3.05, 3.63) is 89.0 Å². The maximum Gasteiger partial charge on any atom is 0.261 e. The van der Waals surface area contributed by atoms with Crippen LogP contribution in [0.1, 0.15) is 40.0 Å². The zero-order chi connectivity index (χ0) is 22.6. The standard InChI is InChI=1S/C24H26N2O4S/c1-16-7-5-6-8-22(16)18(3)25-24(27)19-9-14-23(17(2)15-19)26-31(28,29)21-12-10-20(30-4)11-13-21/h5-15,18,26H,1-4H3,(H,25,27)/t18-/m1/s1. The van der Waals surface area contributed by atoms with E-state index in [1.807, 2.05) is 38.1 Å². The molecular formula is C24H26N2O4S. The molecule has 1 amide bonds. The first kappa shape index (κ1) is 22.4. The highest BCUT2D eigenvalue weighted by Crippen LogP contribution is 2.23. The maximum absolute atomic E-state index is 12.7. The minimum Gasteiger partial charge on any atom is -0.497 e. The number of hydrogen-bond donors (Lipinski definition) is 2. The van der Waals surface area contributed by atoms with Crippen LogP contribution in [0, 0.1) is 13.8 Å². The predicted octanol–water partition coefficient (Wildman–Crippen LogP) is 4.60. The highest BCUT2D eigenvalue weighted by atomic mass is 32.2. The van der Waals surface area contributed by atoms with Crippen molar-refractivity contribution in [3.8, 4) is 5.75 Å². The van der Waals surface area contributed by atoms with E-state index in [0.717, 1.165) is 11.1 Å². The fourth-order valence-electron chi connectivity index (χ4n) is 3.31. The van der Waals surface area contributed by atoms with E-state index in [1.54, 1.807) is 37.3 Å². The minimum absolute atomic E-state index is 0.126. The Bertz CT molecular complexity index is 1190. The van der Waals surface area contributed by atoms with E-state index in [-0.39, 0.29) is 16.8 Å². The number of hydrogen-bond acceptors (Lipinski definition) is 4. The van der Waals surface area contributed by atoms with Gasteiger partial charge in [-0.3, -0.25) is 9.52 Å². The molecule has 7 heteroatoms. The van der Waals surface area contributed by atoms with E-state index in [1.165, 1.54) is 19.2 Å². The Morgan fingerprint density at radius 1 is 0.935 bits per heavy atom. The van der Waals surface area contributed by atoms with E-state index in [4.69, 9.17) is 4.74 Å². The Labute approximate surface area is 183 Å². The summed E-state index contributed by atoms with van der Waals surface area (Å²) in [7, 11) is -2.24. The van der Waals surface area contributed by atoms with E-state index in [2.05, 4.69) is 10.0 Å². The van der Waals surface area contributed by atoms with Crippen LogP contribution >= 0.6 is 0 Å². The lowest BCUT2D eigenvalue weighted by atomic mass is 10.0. The number of rotatable bonds is 7. The summed E-state index contributed by atoms with van der Waals surface area (Å²) in [5, 5.41) is 3.00. The molecule has 0 unspecified atom stereocenters. The Kier molecular flexibility index (Phi) is 6.65. The van der Waals surface area contributed by atoms with Gasteiger partial charge in [0.1, 0.15) is 5.75 Å². The first-order valence-electron chi connectivity index (χ1n) is 9.85. The number of aryl methyl sites for hydroxylation is 2. The summed E-state index contributed by atoms with van der Waals surface area (Å²) in [4.78, 5) is 12.8. The van der Waals surface area contributed by atoms with Crippen LogP contribution in [0.4, 0.5) is 5.69 Å². The second-order valence-electron chi connectivity index (χ2n) is 7.36. The quantitative estimate of drug-likeness (QED) is 0.564. The first-order chi connectivity index (χ1) is 14.7. The second kappa shape index (κ2) is 9.22. The lowest BCUT2D eigenvalue weighted by molar-refractivity contribution is 0.0939. The van der Waals surface area contributed by atoms with Gasteiger partial charge in [-0.2, -0.15) is 0 Å². The highest BCUT2D eigenvalue weighted by Gasteiger charge is 2.17. The molecule has 0 radical (unpaired) electrons. The summed E-state index contributed by atoms with van der Waals surface area (Å²) in [6.07, 6.45) is 0. The van der Waals surface area contributed by atoms with Gasteiger partial charge in [-0.15, -0.1) is 0 Å². The van der Waals surface area contributed by atoms with Gasteiger partial charge in [-0.05, 0) is 79.9 Å². The molecule has 1 atom stereocenters. The molecule has 0 aliphatic rings. The van der Waals surface area contributed by atoms with Crippen LogP contribution in [0.2, 0.25) is 0 Å². The number of benzene rings is 3. The Balaban J connectivity index is 1.74. The fraction of sp³-hybridized carbons (Fsp3) is 0.208. The van der Waals surface area contributed by atoms with Crippen LogP contribution in [0.5, 0.6) is 5.75 Å². The lowest BCUT2D eigenvalue weighted by Gasteiger charge is -2.17. The summed E-state index contributed by atoms with van der Waals surface area (Å²) >= 11 is 0. The van der Waals surface area contributed by atoms with Crippen molar-refractivity contribution in [2.24, 2.45) is 0 Å². The maximum atomic E-state index is 12.7. The van der Waals surface area contributed by atoms with Gasteiger partial charge in [0, 0.05) is 5.56 Å². The number of nitrogens with one attached hydrogen (secondary N) is 2. The van der Waals surface area contributed by atoms with Crippen molar-refractivity contribution in [2.75, 3.05) is 11.8 Å². The van der Waals surface area contributed by atoms with Crippen molar-refractivity contribution in [2.45, 2.75) is 31.7 Å². The summed E-state index contributed by atoms with van der Waals surface area (Å²) in [6.45, 7) is 5.70. The van der Waals surface area contributed by atoms with Crippen molar-refractivity contribution in [3.63, 3.8) is 0 Å². The monoisotopic (exact) mass is 438 g/mol. The number of amides is 1. The van der Waals surface area contributed by atoms with Gasteiger partial charge in [0.05, 0.1) is 23.7 Å². The molecule has 0 saturated carbocycles. The molecule has 0 spiro atoms. The lowest BCUT2D eigenvalue weighted by Crippen LogP contribution is -2.27. The molecule has 6 nitrogen and oxygen atoms in total. The molecule has 31 heavy (non-hydrogen) atoms. The molecule has 0 heterocycles. The van der Waals surface area contributed by atoms with Gasteiger partial charge < -0.3 is 10.1 Å². The summed E-state index contributed by atoms with van der Waals surface area (Å²) in [5.41, 5.74) is 3.68. The van der Waals surface area contributed by atoms with E-state index in [0.29, 0.717) is 22.6 Å². The van der Waals surface area contributed by atoms with Gasteiger partial charge in [0.15, 0.2) is 0 Å². The van der Waals surface area contributed by atoms with Crippen molar-refractivity contribution in [1.29, 1.82) is 0 Å². The minimum atomic E-state index is -3.76. The third kappa shape index (κ3) is 5.24. The molecule has 0 fully saturated rings. The summed E-state index contributed by atoms with van der Waals surface area (Å²) in [6, 6.07) is 18.8. The molecule has 3 aromatic rings. The zero-order valence-electron chi connectivity index (χ0n) is 18.0. The van der Waals surface area contributed by atoms with E-state index < -0.39 is 10.0 Å². The SMILES string of the molecule is COc1ccc(S(=O)(=O)Nc2ccc(C(=O)N[C@H](C)c3ccccc3C)cc2C)cc1. The van der Waals surface area contributed by atoms with Crippen LogP contribution in [-0.4, -0.2) is 21.4 Å². The summed E-state index contributed by atoms with van der Waals surface area (Å²) < 4.78 is 33.0. The van der Waals surface area contributed by atoms with Gasteiger partial charge in [-0.1, -0.05) is 24.3 Å². The van der Waals surface area contributed by atoms with Crippen LogP contribution in [0.15, 0.2) is 71.6 Å². The van der Waals surface area contributed by atoms with Crippen LogP contribution in [0.3, 0.4) is 0 Å². The van der Waals surface area contributed by atoms with Crippen LogP contribution in [-0.2, 0) is 10.0 Å². The zero-order valence-corrected chi connectivity index (χ0v) is 18.8. The third-order valence-electron chi connectivity index (χ3n) is 5.11. The number of anilines is 1. The van der Waals surface area contributed by atoms with Gasteiger partial charge >= 0.3 is 0 Å². The van der Waals surface area contributed by atoms with Gasteiger partial charge in [0.2, 0.25) is 0 Å². The third-order valence-corrected chi connectivity index (χ3v) is 6.49.